The van der Waals surface area contributed by atoms with Gasteiger partial charge in [-0.1, -0.05) is 66.7 Å². The third-order valence-electron chi connectivity index (χ3n) is 4.65. The minimum Gasteiger partial charge on any atom is -0.348 e. The highest BCUT2D eigenvalue weighted by atomic mass is 16.1. The lowest BCUT2D eigenvalue weighted by molar-refractivity contribution is -0.116. The molecular formula is C24H21N3O. The van der Waals surface area contributed by atoms with E-state index in [0.29, 0.717) is 6.54 Å². The summed E-state index contributed by atoms with van der Waals surface area (Å²) in [5.74, 6) is -0.101. The molecule has 3 aromatic carbocycles. The molecule has 0 radical (unpaired) electrons. The zero-order chi connectivity index (χ0) is 19.2. The Balaban J connectivity index is 1.34. The van der Waals surface area contributed by atoms with Crippen LogP contribution in [0.15, 0.2) is 91.5 Å². The Hall–Kier alpha value is -3.66. The summed E-state index contributed by atoms with van der Waals surface area (Å²) in [5, 5.41) is 5.25. The lowest BCUT2D eigenvalue weighted by Gasteiger charge is -2.06. The molecule has 1 aromatic heterocycles. The number of carbonyl (C=O) groups excluding carboxylic acids is 1. The second-order valence-corrected chi connectivity index (χ2v) is 6.67. The largest absolute Gasteiger partial charge is 0.348 e. The molecule has 0 fully saturated rings. The predicted molar refractivity (Wildman–Crippen MR) is 113 cm³/mol. The van der Waals surface area contributed by atoms with Crippen LogP contribution in [0.25, 0.3) is 16.8 Å². The van der Waals surface area contributed by atoms with Gasteiger partial charge in [-0.3, -0.25) is 4.79 Å². The molecule has 28 heavy (non-hydrogen) atoms. The molecule has 0 aliphatic rings. The lowest BCUT2D eigenvalue weighted by Crippen LogP contribution is -2.20. The maximum Gasteiger partial charge on any atom is 0.244 e. The van der Waals surface area contributed by atoms with Gasteiger partial charge < -0.3 is 9.88 Å². The molecule has 1 heterocycles. The summed E-state index contributed by atoms with van der Waals surface area (Å²) in [5.41, 5.74) is 3.31. The van der Waals surface area contributed by atoms with Crippen LogP contribution < -0.4 is 5.32 Å². The Bertz CT molecular complexity index is 1090. The van der Waals surface area contributed by atoms with Crippen LogP contribution in [0, 0.1) is 0 Å². The van der Waals surface area contributed by atoms with Gasteiger partial charge in [-0.2, -0.15) is 0 Å². The maximum atomic E-state index is 12.2. The molecule has 0 bridgehead atoms. The highest BCUT2D eigenvalue weighted by Gasteiger charge is 2.01. The SMILES string of the molecule is O=C(/C=C/c1cccc2ccccc12)NCc1ccc(Cn2ccnc2)cc1. The summed E-state index contributed by atoms with van der Waals surface area (Å²) in [7, 11) is 0. The van der Waals surface area contributed by atoms with Crippen molar-refractivity contribution >= 4 is 22.8 Å². The molecule has 4 heteroatoms. The zero-order valence-corrected chi connectivity index (χ0v) is 15.5. The van der Waals surface area contributed by atoms with E-state index in [1.165, 1.54) is 10.9 Å². The summed E-state index contributed by atoms with van der Waals surface area (Å²) >= 11 is 0. The Morgan fingerprint density at radius 2 is 1.75 bits per heavy atom. The molecule has 4 rings (SSSR count). The van der Waals surface area contributed by atoms with E-state index in [0.717, 1.165) is 23.1 Å². The Morgan fingerprint density at radius 1 is 0.964 bits per heavy atom. The Morgan fingerprint density at radius 3 is 2.57 bits per heavy atom. The predicted octanol–water partition coefficient (Wildman–Crippen LogP) is 4.41. The van der Waals surface area contributed by atoms with Crippen molar-refractivity contribution in [3.8, 4) is 0 Å². The number of carbonyl (C=O) groups is 1. The van der Waals surface area contributed by atoms with Crippen molar-refractivity contribution in [2.75, 3.05) is 0 Å². The number of benzene rings is 3. The van der Waals surface area contributed by atoms with Gasteiger partial charge in [0.15, 0.2) is 0 Å². The number of hydrogen-bond donors (Lipinski definition) is 1. The maximum absolute atomic E-state index is 12.2. The number of hydrogen-bond acceptors (Lipinski definition) is 2. The zero-order valence-electron chi connectivity index (χ0n) is 15.5. The van der Waals surface area contributed by atoms with Gasteiger partial charge in [-0.25, -0.2) is 4.98 Å². The molecule has 0 aliphatic carbocycles. The summed E-state index contributed by atoms with van der Waals surface area (Å²) in [6.45, 7) is 1.30. The molecule has 1 N–H and O–H groups in total. The Kier molecular flexibility index (Phi) is 5.29. The second kappa shape index (κ2) is 8.35. The number of imidazole rings is 1. The van der Waals surface area contributed by atoms with E-state index in [-0.39, 0.29) is 5.91 Å². The van der Waals surface area contributed by atoms with E-state index in [1.807, 2.05) is 53.2 Å². The van der Waals surface area contributed by atoms with Crippen LogP contribution in [-0.2, 0) is 17.9 Å². The minimum absolute atomic E-state index is 0.101. The lowest BCUT2D eigenvalue weighted by atomic mass is 10.0. The van der Waals surface area contributed by atoms with Crippen LogP contribution >= 0.6 is 0 Å². The number of aromatic nitrogens is 2. The highest BCUT2D eigenvalue weighted by molar-refractivity contribution is 5.96. The van der Waals surface area contributed by atoms with Gasteiger partial charge in [0.2, 0.25) is 5.91 Å². The molecule has 138 valence electrons. The van der Waals surface area contributed by atoms with Gasteiger partial charge in [0, 0.05) is 31.6 Å². The van der Waals surface area contributed by atoms with E-state index in [4.69, 9.17) is 0 Å². The molecule has 0 saturated carbocycles. The molecule has 0 unspecified atom stereocenters. The van der Waals surface area contributed by atoms with Gasteiger partial charge in [-0.15, -0.1) is 0 Å². The van der Waals surface area contributed by atoms with Gasteiger partial charge in [0.25, 0.3) is 0 Å². The average molecular weight is 367 g/mol. The van der Waals surface area contributed by atoms with Gasteiger partial charge in [-0.05, 0) is 33.5 Å². The summed E-state index contributed by atoms with van der Waals surface area (Å²) in [6.07, 6.45) is 8.98. The monoisotopic (exact) mass is 367 g/mol. The van der Waals surface area contributed by atoms with Crippen molar-refractivity contribution < 1.29 is 4.79 Å². The Labute approximate surface area is 164 Å². The van der Waals surface area contributed by atoms with Crippen molar-refractivity contribution in [1.82, 2.24) is 14.9 Å². The first-order valence-corrected chi connectivity index (χ1v) is 9.25. The first-order chi connectivity index (χ1) is 13.8. The molecule has 0 aliphatic heterocycles. The first kappa shape index (κ1) is 17.7. The second-order valence-electron chi connectivity index (χ2n) is 6.67. The van der Waals surface area contributed by atoms with Crippen LogP contribution in [0.5, 0.6) is 0 Å². The van der Waals surface area contributed by atoms with Gasteiger partial charge in [0.1, 0.15) is 0 Å². The van der Waals surface area contributed by atoms with Crippen LogP contribution in [0.4, 0.5) is 0 Å². The number of nitrogens with zero attached hydrogens (tertiary/aromatic N) is 2. The van der Waals surface area contributed by atoms with E-state index in [9.17, 15) is 4.79 Å². The van der Waals surface area contributed by atoms with Crippen molar-refractivity contribution in [2.24, 2.45) is 0 Å². The third kappa shape index (κ3) is 4.35. The third-order valence-corrected chi connectivity index (χ3v) is 4.65. The van der Waals surface area contributed by atoms with E-state index >= 15 is 0 Å². The fourth-order valence-electron chi connectivity index (χ4n) is 3.16. The number of nitrogens with one attached hydrogen (secondary N) is 1. The molecule has 0 spiro atoms. The fourth-order valence-corrected chi connectivity index (χ4v) is 3.16. The smallest absolute Gasteiger partial charge is 0.244 e. The van der Waals surface area contributed by atoms with Crippen molar-refractivity contribution in [2.45, 2.75) is 13.1 Å². The quantitative estimate of drug-likeness (QED) is 0.513. The first-order valence-electron chi connectivity index (χ1n) is 9.25. The van der Waals surface area contributed by atoms with Crippen molar-refractivity contribution in [3.05, 3.63) is 108 Å². The molecule has 4 aromatic rings. The number of fused-ring (bicyclic) bond motifs is 1. The molecule has 0 saturated heterocycles. The van der Waals surface area contributed by atoms with Crippen LogP contribution in [0.3, 0.4) is 0 Å². The highest BCUT2D eigenvalue weighted by Crippen LogP contribution is 2.19. The molecule has 1 amide bonds. The number of amides is 1. The molecule has 4 nitrogen and oxygen atoms in total. The van der Waals surface area contributed by atoms with Crippen LogP contribution in [0.2, 0.25) is 0 Å². The van der Waals surface area contributed by atoms with Crippen molar-refractivity contribution in [1.29, 1.82) is 0 Å². The average Bonchev–Trinajstić information content (AvgIpc) is 3.25. The van der Waals surface area contributed by atoms with E-state index < -0.39 is 0 Å². The van der Waals surface area contributed by atoms with Crippen LogP contribution in [0.1, 0.15) is 16.7 Å². The van der Waals surface area contributed by atoms with Crippen LogP contribution in [-0.4, -0.2) is 15.5 Å². The summed E-state index contributed by atoms with van der Waals surface area (Å²) in [4.78, 5) is 16.2. The van der Waals surface area contributed by atoms with Gasteiger partial charge in [0.05, 0.1) is 6.33 Å². The molecular weight excluding hydrogens is 346 g/mol. The fraction of sp³-hybridized carbons (Fsp3) is 0.0833. The standard InChI is InChI=1S/C24H21N3O/c28-24(13-12-22-6-3-5-21-4-1-2-7-23(21)22)26-16-19-8-10-20(11-9-19)17-27-15-14-25-18-27/h1-15,18H,16-17H2,(H,26,28)/b13-12+. The van der Waals surface area contributed by atoms with E-state index in [1.54, 1.807) is 18.6 Å². The summed E-state index contributed by atoms with van der Waals surface area (Å²) < 4.78 is 2.02. The van der Waals surface area contributed by atoms with Gasteiger partial charge >= 0.3 is 0 Å². The topological polar surface area (TPSA) is 46.9 Å². The summed E-state index contributed by atoms with van der Waals surface area (Å²) in [6, 6.07) is 22.5. The van der Waals surface area contributed by atoms with Crippen molar-refractivity contribution in [3.63, 3.8) is 0 Å². The minimum atomic E-state index is -0.101. The molecule has 0 atom stereocenters. The van der Waals surface area contributed by atoms with E-state index in [2.05, 4.69) is 40.6 Å². The number of rotatable bonds is 6. The normalized spacial score (nSPS) is 11.1.